The van der Waals surface area contributed by atoms with Crippen LogP contribution in [0.4, 0.5) is 0 Å². The van der Waals surface area contributed by atoms with Gasteiger partial charge in [-0.05, 0) is 20.8 Å². The lowest BCUT2D eigenvalue weighted by Gasteiger charge is -2.18. The molecule has 0 radical (unpaired) electrons. The van der Waals surface area contributed by atoms with Crippen LogP contribution in [-0.4, -0.2) is 23.0 Å². The number of hydrogen-bond acceptors (Lipinski definition) is 4. The van der Waals surface area contributed by atoms with Crippen molar-refractivity contribution in [1.82, 2.24) is 4.98 Å². The van der Waals surface area contributed by atoms with Crippen LogP contribution in [0.25, 0.3) is 0 Å². The normalized spacial score (nSPS) is 12.8. The van der Waals surface area contributed by atoms with Crippen LogP contribution in [0.5, 0.6) is 0 Å². The number of ketones is 1. The molecule has 18 heavy (non-hydrogen) atoms. The molecule has 0 aliphatic carbocycles. The van der Waals surface area contributed by atoms with Crippen molar-refractivity contribution in [1.29, 1.82) is 0 Å². The minimum atomic E-state index is -0.269. The van der Waals surface area contributed by atoms with E-state index in [0.717, 1.165) is 10.7 Å². The first-order valence-electron chi connectivity index (χ1n) is 6.18. The van der Waals surface area contributed by atoms with Crippen LogP contribution >= 0.6 is 11.3 Å². The van der Waals surface area contributed by atoms with E-state index in [2.05, 4.69) is 25.8 Å². The van der Waals surface area contributed by atoms with E-state index in [9.17, 15) is 4.79 Å². The quantitative estimate of drug-likeness (QED) is 0.841. The number of nitrogens with zero attached hydrogens (tertiary/aromatic N) is 1. The SMILES string of the molecule is CC(C)(C)OCC(=O)Cc1nc(C(C)(C)C)cs1. The monoisotopic (exact) mass is 269 g/mol. The average molecular weight is 269 g/mol. The van der Waals surface area contributed by atoms with Crippen molar-refractivity contribution >= 4 is 17.1 Å². The Kier molecular flexibility index (Phi) is 4.67. The molecule has 1 heterocycles. The molecular formula is C14H23NO2S. The van der Waals surface area contributed by atoms with Crippen LogP contribution in [0, 0.1) is 0 Å². The van der Waals surface area contributed by atoms with Gasteiger partial charge < -0.3 is 4.74 Å². The molecule has 0 spiro atoms. The smallest absolute Gasteiger partial charge is 0.165 e. The molecule has 3 nitrogen and oxygen atoms in total. The van der Waals surface area contributed by atoms with E-state index >= 15 is 0 Å². The maximum absolute atomic E-state index is 11.8. The molecule has 1 aromatic heterocycles. The predicted octanol–water partition coefficient (Wildman–Crippen LogP) is 3.37. The summed E-state index contributed by atoms with van der Waals surface area (Å²) in [7, 11) is 0. The third-order valence-electron chi connectivity index (χ3n) is 2.33. The molecule has 0 atom stereocenters. The van der Waals surface area contributed by atoms with Crippen LogP contribution in [0.1, 0.15) is 52.2 Å². The van der Waals surface area contributed by atoms with Gasteiger partial charge in [0.15, 0.2) is 5.78 Å². The molecular weight excluding hydrogens is 246 g/mol. The lowest BCUT2D eigenvalue weighted by atomic mass is 9.93. The van der Waals surface area contributed by atoms with Crippen LogP contribution in [-0.2, 0) is 21.4 Å². The number of rotatable bonds is 4. The minimum Gasteiger partial charge on any atom is -0.368 e. The Hall–Kier alpha value is -0.740. The van der Waals surface area contributed by atoms with Crippen LogP contribution in [0.15, 0.2) is 5.38 Å². The summed E-state index contributed by atoms with van der Waals surface area (Å²) in [5.74, 6) is 0.0831. The minimum absolute atomic E-state index is 0.0414. The van der Waals surface area contributed by atoms with E-state index in [-0.39, 0.29) is 23.4 Å². The average Bonchev–Trinajstić information content (AvgIpc) is 2.61. The summed E-state index contributed by atoms with van der Waals surface area (Å²) in [5, 5.41) is 2.91. The summed E-state index contributed by atoms with van der Waals surface area (Å²) in [6.07, 6.45) is 0.372. The lowest BCUT2D eigenvalue weighted by Crippen LogP contribution is -2.24. The maximum Gasteiger partial charge on any atom is 0.165 e. The molecule has 0 aromatic carbocycles. The molecule has 102 valence electrons. The highest BCUT2D eigenvalue weighted by molar-refractivity contribution is 7.09. The largest absolute Gasteiger partial charge is 0.368 e. The van der Waals surface area contributed by atoms with E-state index < -0.39 is 0 Å². The fourth-order valence-electron chi connectivity index (χ4n) is 1.25. The number of ether oxygens (including phenoxy) is 1. The first kappa shape index (κ1) is 15.3. The highest BCUT2D eigenvalue weighted by atomic mass is 32.1. The zero-order valence-corrected chi connectivity index (χ0v) is 13.0. The molecule has 0 N–H and O–H groups in total. The van der Waals surface area contributed by atoms with E-state index in [0.29, 0.717) is 6.42 Å². The molecule has 0 amide bonds. The summed E-state index contributed by atoms with van der Waals surface area (Å²) >= 11 is 1.55. The van der Waals surface area contributed by atoms with E-state index in [1.165, 1.54) is 0 Å². The summed E-state index contributed by atoms with van der Waals surface area (Å²) in [5.41, 5.74) is 0.821. The molecule has 0 fully saturated rings. The van der Waals surface area contributed by atoms with Gasteiger partial charge in [-0.2, -0.15) is 0 Å². The van der Waals surface area contributed by atoms with E-state index in [1.807, 2.05) is 26.2 Å². The molecule has 0 aliphatic rings. The van der Waals surface area contributed by atoms with Crippen molar-refractivity contribution in [3.05, 3.63) is 16.1 Å². The van der Waals surface area contributed by atoms with Crippen molar-refractivity contribution < 1.29 is 9.53 Å². The topological polar surface area (TPSA) is 39.2 Å². The highest BCUT2D eigenvalue weighted by Crippen LogP contribution is 2.24. The Balaban J connectivity index is 2.53. The predicted molar refractivity (Wildman–Crippen MR) is 75.2 cm³/mol. The Morgan fingerprint density at radius 1 is 1.28 bits per heavy atom. The first-order chi connectivity index (χ1) is 8.08. The highest BCUT2D eigenvalue weighted by Gasteiger charge is 2.19. The van der Waals surface area contributed by atoms with Crippen LogP contribution < -0.4 is 0 Å². The number of thiazole rings is 1. The fourth-order valence-corrected chi connectivity index (χ4v) is 2.30. The zero-order chi connectivity index (χ0) is 14.0. The molecule has 0 saturated carbocycles. The van der Waals surface area contributed by atoms with Gasteiger partial charge in [0.2, 0.25) is 0 Å². The molecule has 0 saturated heterocycles. The fraction of sp³-hybridized carbons (Fsp3) is 0.714. The van der Waals surface area contributed by atoms with Crippen molar-refractivity contribution in [3.63, 3.8) is 0 Å². The van der Waals surface area contributed by atoms with Gasteiger partial charge in [0.1, 0.15) is 11.6 Å². The number of hydrogen-bond donors (Lipinski definition) is 0. The summed E-state index contributed by atoms with van der Waals surface area (Å²) in [6, 6.07) is 0. The third kappa shape index (κ3) is 5.27. The lowest BCUT2D eigenvalue weighted by molar-refractivity contribution is -0.127. The molecule has 4 heteroatoms. The number of Topliss-reactive ketones (excluding diaryl/α,β-unsaturated/α-hetero) is 1. The van der Waals surface area contributed by atoms with Gasteiger partial charge in [-0.15, -0.1) is 11.3 Å². The third-order valence-corrected chi connectivity index (χ3v) is 3.18. The summed E-state index contributed by atoms with van der Waals surface area (Å²) < 4.78 is 5.46. The van der Waals surface area contributed by atoms with Gasteiger partial charge in [-0.25, -0.2) is 4.98 Å². The van der Waals surface area contributed by atoms with Crippen LogP contribution in [0.2, 0.25) is 0 Å². The van der Waals surface area contributed by atoms with Gasteiger partial charge in [0, 0.05) is 10.8 Å². The Morgan fingerprint density at radius 3 is 2.33 bits per heavy atom. The first-order valence-corrected chi connectivity index (χ1v) is 7.06. The van der Waals surface area contributed by atoms with E-state index in [1.54, 1.807) is 11.3 Å². The Labute approximate surface area is 114 Å². The van der Waals surface area contributed by atoms with Crippen molar-refractivity contribution in [2.45, 2.75) is 59.0 Å². The summed E-state index contributed by atoms with van der Waals surface area (Å²) in [4.78, 5) is 16.3. The zero-order valence-electron chi connectivity index (χ0n) is 12.2. The molecule has 0 unspecified atom stereocenters. The van der Waals surface area contributed by atoms with Gasteiger partial charge in [-0.1, -0.05) is 20.8 Å². The summed E-state index contributed by atoms with van der Waals surface area (Å²) in [6.45, 7) is 12.4. The van der Waals surface area contributed by atoms with Gasteiger partial charge in [0.05, 0.1) is 17.7 Å². The van der Waals surface area contributed by atoms with Crippen molar-refractivity contribution in [3.8, 4) is 0 Å². The van der Waals surface area contributed by atoms with Gasteiger partial charge >= 0.3 is 0 Å². The second-order valence-corrected chi connectivity index (χ2v) is 7.44. The Bertz CT molecular complexity index is 410. The Morgan fingerprint density at radius 2 is 1.89 bits per heavy atom. The molecule has 0 aliphatic heterocycles. The van der Waals surface area contributed by atoms with Gasteiger partial charge in [-0.3, -0.25) is 4.79 Å². The molecule has 0 bridgehead atoms. The molecule has 1 rings (SSSR count). The van der Waals surface area contributed by atoms with Crippen LogP contribution in [0.3, 0.4) is 0 Å². The number of carbonyl (C=O) groups excluding carboxylic acids is 1. The van der Waals surface area contributed by atoms with Gasteiger partial charge in [0.25, 0.3) is 0 Å². The number of aromatic nitrogens is 1. The standard InChI is InChI=1S/C14H23NO2S/c1-13(2,3)11-9-18-12(15-11)7-10(16)8-17-14(4,5)6/h9H,7-8H2,1-6H3. The van der Waals surface area contributed by atoms with E-state index in [4.69, 9.17) is 4.74 Å². The van der Waals surface area contributed by atoms with Crippen molar-refractivity contribution in [2.75, 3.05) is 6.61 Å². The second-order valence-electron chi connectivity index (χ2n) is 6.49. The second kappa shape index (κ2) is 5.49. The molecule has 1 aromatic rings. The van der Waals surface area contributed by atoms with Crippen molar-refractivity contribution in [2.24, 2.45) is 0 Å². The number of carbonyl (C=O) groups is 1. The maximum atomic E-state index is 11.8.